The summed E-state index contributed by atoms with van der Waals surface area (Å²) in [6.45, 7) is 4.05. The summed E-state index contributed by atoms with van der Waals surface area (Å²) in [6, 6.07) is 8.89. The van der Waals surface area contributed by atoms with Gasteiger partial charge in [-0.05, 0) is 65.2 Å². The summed E-state index contributed by atoms with van der Waals surface area (Å²) >= 11 is 3.15. The number of phenolic OH excluding ortho intramolecular Hbond substituents is 2. The molecule has 0 bridgehead atoms. The van der Waals surface area contributed by atoms with Gasteiger partial charge in [0.2, 0.25) is 0 Å². The lowest BCUT2D eigenvalue weighted by Gasteiger charge is -2.10. The standard InChI is InChI=1S/C17H15BrN2O3/c1-9-3-4-11(7-10(9)2)23-14-8-19-20-16(14)12-5-6-13(21)15(18)17(12)22/h3-8,21-22H,1-2H3,(H,19,20). The molecule has 0 aliphatic carbocycles. The third-order valence-corrected chi connectivity index (χ3v) is 4.46. The zero-order valence-electron chi connectivity index (χ0n) is 12.6. The molecule has 0 aliphatic heterocycles. The van der Waals surface area contributed by atoms with Gasteiger partial charge in [-0.1, -0.05) is 6.07 Å². The molecule has 0 fully saturated rings. The first-order valence-electron chi connectivity index (χ1n) is 6.96. The molecule has 2 aromatic carbocycles. The van der Waals surface area contributed by atoms with E-state index >= 15 is 0 Å². The van der Waals surface area contributed by atoms with E-state index in [4.69, 9.17) is 4.74 Å². The highest BCUT2D eigenvalue weighted by Crippen LogP contribution is 2.43. The van der Waals surface area contributed by atoms with Crippen molar-refractivity contribution in [3.63, 3.8) is 0 Å². The Kier molecular flexibility index (Phi) is 4.00. The van der Waals surface area contributed by atoms with Gasteiger partial charge in [0, 0.05) is 5.56 Å². The van der Waals surface area contributed by atoms with Crippen LogP contribution in [0.2, 0.25) is 0 Å². The maximum Gasteiger partial charge on any atom is 0.173 e. The second-order valence-electron chi connectivity index (χ2n) is 5.25. The van der Waals surface area contributed by atoms with Crippen LogP contribution in [0, 0.1) is 13.8 Å². The van der Waals surface area contributed by atoms with Crippen molar-refractivity contribution in [3.8, 4) is 34.3 Å². The molecule has 1 aromatic heterocycles. The Morgan fingerprint density at radius 2 is 1.87 bits per heavy atom. The first-order valence-corrected chi connectivity index (χ1v) is 7.76. The third-order valence-electron chi connectivity index (χ3n) is 3.68. The number of aryl methyl sites for hydroxylation is 2. The number of benzene rings is 2. The molecule has 0 saturated carbocycles. The number of aromatic amines is 1. The number of nitrogens with zero attached hydrogens (tertiary/aromatic N) is 1. The number of hydrogen-bond donors (Lipinski definition) is 3. The molecule has 0 saturated heterocycles. The van der Waals surface area contributed by atoms with Gasteiger partial charge in [0.25, 0.3) is 0 Å². The summed E-state index contributed by atoms with van der Waals surface area (Å²) in [5, 5.41) is 26.6. The maximum absolute atomic E-state index is 10.2. The largest absolute Gasteiger partial charge is 0.507 e. The highest BCUT2D eigenvalue weighted by molar-refractivity contribution is 9.10. The van der Waals surface area contributed by atoms with Crippen molar-refractivity contribution in [2.45, 2.75) is 13.8 Å². The van der Waals surface area contributed by atoms with Crippen molar-refractivity contribution >= 4 is 15.9 Å². The van der Waals surface area contributed by atoms with Crippen molar-refractivity contribution in [2.75, 3.05) is 0 Å². The van der Waals surface area contributed by atoms with E-state index in [1.54, 1.807) is 12.3 Å². The highest BCUT2D eigenvalue weighted by atomic mass is 79.9. The molecular weight excluding hydrogens is 360 g/mol. The number of hydrogen-bond acceptors (Lipinski definition) is 4. The molecule has 3 rings (SSSR count). The van der Waals surface area contributed by atoms with E-state index in [0.29, 0.717) is 22.8 Å². The Hall–Kier alpha value is -2.47. The summed E-state index contributed by atoms with van der Waals surface area (Å²) < 4.78 is 6.11. The van der Waals surface area contributed by atoms with Gasteiger partial charge in [-0.25, -0.2) is 0 Å². The van der Waals surface area contributed by atoms with Gasteiger partial charge < -0.3 is 14.9 Å². The summed E-state index contributed by atoms with van der Waals surface area (Å²) in [5.74, 6) is 1.05. The van der Waals surface area contributed by atoms with E-state index < -0.39 is 0 Å². The molecule has 3 N–H and O–H groups in total. The van der Waals surface area contributed by atoms with E-state index in [1.807, 2.05) is 32.0 Å². The fraction of sp³-hybridized carbons (Fsp3) is 0.118. The van der Waals surface area contributed by atoms with Gasteiger partial charge in [-0.15, -0.1) is 0 Å². The zero-order chi connectivity index (χ0) is 16.6. The Morgan fingerprint density at radius 3 is 2.61 bits per heavy atom. The fourth-order valence-electron chi connectivity index (χ4n) is 2.21. The predicted molar refractivity (Wildman–Crippen MR) is 91.0 cm³/mol. The number of phenols is 2. The molecule has 3 aromatic rings. The Labute approximate surface area is 141 Å². The van der Waals surface area contributed by atoms with Crippen LogP contribution in [-0.4, -0.2) is 20.4 Å². The van der Waals surface area contributed by atoms with Crippen LogP contribution >= 0.6 is 15.9 Å². The predicted octanol–water partition coefficient (Wildman–Crippen LogP) is 4.66. The second kappa shape index (κ2) is 5.96. The minimum Gasteiger partial charge on any atom is -0.507 e. The Morgan fingerprint density at radius 1 is 1.09 bits per heavy atom. The topological polar surface area (TPSA) is 78.4 Å². The minimum absolute atomic E-state index is 0.0395. The summed E-state index contributed by atoms with van der Waals surface area (Å²) in [4.78, 5) is 0. The van der Waals surface area contributed by atoms with Crippen LogP contribution in [0.3, 0.4) is 0 Å². The second-order valence-corrected chi connectivity index (χ2v) is 6.05. The summed E-state index contributed by atoms with van der Waals surface area (Å²) in [5.41, 5.74) is 3.32. The number of aromatic hydroxyl groups is 2. The van der Waals surface area contributed by atoms with Crippen LogP contribution in [-0.2, 0) is 0 Å². The molecule has 0 radical (unpaired) electrons. The van der Waals surface area contributed by atoms with E-state index in [2.05, 4.69) is 26.1 Å². The molecular formula is C17H15BrN2O3. The van der Waals surface area contributed by atoms with Crippen LogP contribution in [0.1, 0.15) is 11.1 Å². The molecule has 23 heavy (non-hydrogen) atoms. The zero-order valence-corrected chi connectivity index (χ0v) is 14.2. The van der Waals surface area contributed by atoms with Gasteiger partial charge in [0.15, 0.2) is 5.75 Å². The van der Waals surface area contributed by atoms with Gasteiger partial charge in [0.05, 0.1) is 6.20 Å². The molecule has 6 heteroatoms. The first-order chi connectivity index (χ1) is 11.0. The van der Waals surface area contributed by atoms with E-state index in [-0.39, 0.29) is 16.0 Å². The normalized spacial score (nSPS) is 10.7. The van der Waals surface area contributed by atoms with E-state index in [9.17, 15) is 10.2 Å². The summed E-state index contributed by atoms with van der Waals surface area (Å²) in [6.07, 6.45) is 1.55. The first kappa shape index (κ1) is 15.4. The van der Waals surface area contributed by atoms with Crippen LogP contribution in [0.5, 0.6) is 23.0 Å². The highest BCUT2D eigenvalue weighted by Gasteiger charge is 2.17. The van der Waals surface area contributed by atoms with Crippen LogP contribution in [0.4, 0.5) is 0 Å². The van der Waals surface area contributed by atoms with Crippen LogP contribution in [0.25, 0.3) is 11.3 Å². The van der Waals surface area contributed by atoms with Gasteiger partial charge in [-0.3, -0.25) is 5.10 Å². The Bertz CT molecular complexity index is 874. The molecule has 0 amide bonds. The molecule has 0 spiro atoms. The Balaban J connectivity index is 2.00. The monoisotopic (exact) mass is 374 g/mol. The maximum atomic E-state index is 10.2. The lowest BCUT2D eigenvalue weighted by molar-refractivity contribution is 0.445. The van der Waals surface area contributed by atoms with Crippen molar-refractivity contribution in [3.05, 3.63) is 52.1 Å². The van der Waals surface area contributed by atoms with Crippen LogP contribution < -0.4 is 4.74 Å². The van der Waals surface area contributed by atoms with Crippen molar-refractivity contribution in [2.24, 2.45) is 0 Å². The molecule has 0 aliphatic rings. The van der Waals surface area contributed by atoms with Gasteiger partial charge in [0.1, 0.15) is 27.4 Å². The number of rotatable bonds is 3. The number of nitrogens with one attached hydrogen (secondary N) is 1. The number of halogens is 1. The average molecular weight is 375 g/mol. The van der Waals surface area contributed by atoms with Gasteiger partial charge in [-0.2, -0.15) is 5.10 Å². The number of aromatic nitrogens is 2. The fourth-order valence-corrected chi connectivity index (χ4v) is 2.55. The lowest BCUT2D eigenvalue weighted by Crippen LogP contribution is -1.89. The quantitative estimate of drug-likeness (QED) is 0.622. The summed E-state index contributed by atoms with van der Waals surface area (Å²) in [7, 11) is 0. The lowest BCUT2D eigenvalue weighted by atomic mass is 10.1. The third kappa shape index (κ3) is 2.90. The molecule has 1 heterocycles. The molecule has 5 nitrogen and oxygen atoms in total. The van der Waals surface area contributed by atoms with E-state index in [1.165, 1.54) is 11.6 Å². The van der Waals surface area contributed by atoms with Crippen LogP contribution in [0.15, 0.2) is 41.0 Å². The smallest absolute Gasteiger partial charge is 0.173 e. The molecule has 118 valence electrons. The molecule has 0 atom stereocenters. The van der Waals surface area contributed by atoms with E-state index in [0.717, 1.165) is 5.56 Å². The van der Waals surface area contributed by atoms with Gasteiger partial charge >= 0.3 is 0 Å². The number of H-pyrrole nitrogens is 1. The number of ether oxygens (including phenoxy) is 1. The minimum atomic E-state index is -0.0841. The van der Waals surface area contributed by atoms with Crippen molar-refractivity contribution in [1.82, 2.24) is 10.2 Å². The SMILES string of the molecule is Cc1ccc(Oc2cn[nH]c2-c2ccc(O)c(Br)c2O)cc1C. The van der Waals surface area contributed by atoms with Crippen molar-refractivity contribution < 1.29 is 14.9 Å². The molecule has 0 unspecified atom stereocenters. The van der Waals surface area contributed by atoms with Crippen molar-refractivity contribution in [1.29, 1.82) is 0 Å². The average Bonchev–Trinajstić information content (AvgIpc) is 2.97.